The maximum atomic E-state index is 12.2. The molecular formula is C13H13IN2OS. The lowest BCUT2D eigenvalue weighted by molar-refractivity contribution is 0.0783. The molecule has 1 heterocycles. The predicted molar refractivity (Wildman–Crippen MR) is 81.8 cm³/mol. The molecule has 94 valence electrons. The van der Waals surface area contributed by atoms with Gasteiger partial charge in [-0.25, -0.2) is 4.98 Å². The summed E-state index contributed by atoms with van der Waals surface area (Å²) in [4.78, 5) is 18.2. The van der Waals surface area contributed by atoms with Gasteiger partial charge in [-0.15, -0.1) is 11.3 Å². The van der Waals surface area contributed by atoms with Crippen LogP contribution in [0.15, 0.2) is 29.6 Å². The molecule has 0 unspecified atom stereocenters. The molecule has 3 nitrogen and oxygen atoms in total. The molecule has 0 spiro atoms. The number of halogens is 1. The summed E-state index contributed by atoms with van der Waals surface area (Å²) in [5.74, 6) is 0.0250. The summed E-state index contributed by atoms with van der Waals surface area (Å²) in [5.41, 5.74) is 1.66. The Hall–Kier alpha value is -0.950. The molecule has 0 bridgehead atoms. The quantitative estimate of drug-likeness (QED) is 0.775. The Kier molecular flexibility index (Phi) is 4.34. The molecule has 0 N–H and O–H groups in total. The first-order chi connectivity index (χ1) is 8.56. The molecule has 1 amide bonds. The van der Waals surface area contributed by atoms with Crippen LogP contribution >= 0.6 is 33.9 Å². The Balaban J connectivity index is 2.07. The van der Waals surface area contributed by atoms with Crippen molar-refractivity contribution >= 4 is 39.8 Å². The first-order valence-corrected chi connectivity index (χ1v) is 7.44. The molecular weight excluding hydrogens is 359 g/mol. The van der Waals surface area contributed by atoms with Crippen molar-refractivity contribution in [2.45, 2.75) is 13.5 Å². The van der Waals surface area contributed by atoms with Gasteiger partial charge in [-0.2, -0.15) is 0 Å². The summed E-state index contributed by atoms with van der Waals surface area (Å²) < 4.78 is 1.13. The van der Waals surface area contributed by atoms with E-state index in [1.165, 1.54) is 0 Å². The van der Waals surface area contributed by atoms with Crippen molar-refractivity contribution in [2.75, 3.05) is 7.05 Å². The van der Waals surface area contributed by atoms with E-state index < -0.39 is 0 Å². The van der Waals surface area contributed by atoms with E-state index in [0.717, 1.165) is 14.3 Å². The standard InChI is InChI=1S/C13H13IN2OS/c1-9-15-12(8-18-9)7-16(2)13(17)10-3-5-11(14)6-4-10/h3-6,8H,7H2,1-2H3. The smallest absolute Gasteiger partial charge is 0.253 e. The highest BCUT2D eigenvalue weighted by atomic mass is 127. The molecule has 2 aromatic rings. The van der Waals surface area contributed by atoms with Gasteiger partial charge in [0.05, 0.1) is 17.2 Å². The highest BCUT2D eigenvalue weighted by Crippen LogP contribution is 2.13. The highest BCUT2D eigenvalue weighted by molar-refractivity contribution is 14.1. The summed E-state index contributed by atoms with van der Waals surface area (Å²) in [6, 6.07) is 7.59. The van der Waals surface area contributed by atoms with Gasteiger partial charge in [0.1, 0.15) is 0 Å². The van der Waals surface area contributed by atoms with Crippen molar-refractivity contribution in [3.63, 3.8) is 0 Å². The lowest BCUT2D eigenvalue weighted by Gasteiger charge is -2.15. The molecule has 2 rings (SSSR count). The lowest BCUT2D eigenvalue weighted by atomic mass is 10.2. The average Bonchev–Trinajstić information content (AvgIpc) is 2.75. The number of nitrogens with zero attached hydrogens (tertiary/aromatic N) is 2. The van der Waals surface area contributed by atoms with Gasteiger partial charge in [0.15, 0.2) is 0 Å². The molecule has 5 heteroatoms. The number of aryl methyl sites for hydroxylation is 1. The molecule has 0 aliphatic rings. The third-order valence-corrected chi connectivity index (χ3v) is 4.05. The van der Waals surface area contributed by atoms with Crippen LogP contribution < -0.4 is 0 Å². The molecule has 0 aliphatic carbocycles. The Morgan fingerprint density at radius 2 is 2.06 bits per heavy atom. The number of hydrogen-bond donors (Lipinski definition) is 0. The Morgan fingerprint density at radius 3 is 2.61 bits per heavy atom. The molecule has 0 saturated heterocycles. The number of amides is 1. The van der Waals surface area contributed by atoms with Crippen molar-refractivity contribution in [3.05, 3.63) is 49.5 Å². The normalized spacial score (nSPS) is 10.4. The second kappa shape index (κ2) is 5.79. The molecule has 0 fully saturated rings. The van der Waals surface area contributed by atoms with Gasteiger partial charge in [0.25, 0.3) is 5.91 Å². The minimum Gasteiger partial charge on any atom is -0.336 e. The topological polar surface area (TPSA) is 33.2 Å². The van der Waals surface area contributed by atoms with Crippen molar-refractivity contribution in [3.8, 4) is 0 Å². The minimum atomic E-state index is 0.0250. The third-order valence-electron chi connectivity index (χ3n) is 2.50. The van der Waals surface area contributed by atoms with E-state index in [4.69, 9.17) is 0 Å². The predicted octanol–water partition coefficient (Wildman–Crippen LogP) is 3.33. The van der Waals surface area contributed by atoms with Crippen molar-refractivity contribution in [1.29, 1.82) is 0 Å². The summed E-state index contributed by atoms with van der Waals surface area (Å²) in [6.07, 6.45) is 0. The average molecular weight is 372 g/mol. The number of carbonyl (C=O) groups is 1. The van der Waals surface area contributed by atoms with E-state index in [1.54, 1.807) is 23.3 Å². The van der Waals surface area contributed by atoms with Crippen molar-refractivity contribution in [2.24, 2.45) is 0 Å². The van der Waals surface area contributed by atoms with Crippen LogP contribution in [0.5, 0.6) is 0 Å². The van der Waals surface area contributed by atoms with Crippen LogP contribution in [-0.2, 0) is 6.54 Å². The molecule has 18 heavy (non-hydrogen) atoms. The summed E-state index contributed by atoms with van der Waals surface area (Å²) in [5, 5.41) is 3.02. The summed E-state index contributed by atoms with van der Waals surface area (Å²) in [6.45, 7) is 2.52. The molecule has 0 saturated carbocycles. The van der Waals surface area contributed by atoms with Crippen LogP contribution in [0, 0.1) is 10.5 Å². The van der Waals surface area contributed by atoms with Crippen LogP contribution in [0.2, 0.25) is 0 Å². The number of rotatable bonds is 3. The number of benzene rings is 1. The number of aromatic nitrogens is 1. The SMILES string of the molecule is Cc1nc(CN(C)C(=O)c2ccc(I)cc2)cs1. The van der Waals surface area contributed by atoms with Crippen LogP contribution in [0.3, 0.4) is 0 Å². The Labute approximate surface area is 124 Å². The Bertz CT molecular complexity index is 550. The fourth-order valence-electron chi connectivity index (χ4n) is 1.61. The second-order valence-corrected chi connectivity index (χ2v) is 6.33. The second-order valence-electron chi connectivity index (χ2n) is 4.03. The number of thiazole rings is 1. The van der Waals surface area contributed by atoms with Crippen LogP contribution in [0.25, 0.3) is 0 Å². The third kappa shape index (κ3) is 3.29. The Morgan fingerprint density at radius 1 is 1.39 bits per heavy atom. The molecule has 1 aromatic heterocycles. The zero-order chi connectivity index (χ0) is 13.1. The minimum absolute atomic E-state index is 0.0250. The van der Waals surface area contributed by atoms with Crippen LogP contribution in [0.4, 0.5) is 0 Å². The maximum absolute atomic E-state index is 12.2. The van der Waals surface area contributed by atoms with Gasteiger partial charge in [-0.1, -0.05) is 0 Å². The van der Waals surface area contributed by atoms with E-state index in [9.17, 15) is 4.79 Å². The van der Waals surface area contributed by atoms with Crippen LogP contribution in [0.1, 0.15) is 21.1 Å². The van der Waals surface area contributed by atoms with Gasteiger partial charge in [0, 0.05) is 21.6 Å². The van der Waals surface area contributed by atoms with Crippen molar-refractivity contribution in [1.82, 2.24) is 9.88 Å². The highest BCUT2D eigenvalue weighted by Gasteiger charge is 2.12. The van der Waals surface area contributed by atoms with E-state index in [1.807, 2.05) is 36.6 Å². The largest absolute Gasteiger partial charge is 0.336 e. The molecule has 1 aromatic carbocycles. The van der Waals surface area contributed by atoms with E-state index >= 15 is 0 Å². The van der Waals surface area contributed by atoms with Gasteiger partial charge in [0.2, 0.25) is 0 Å². The van der Waals surface area contributed by atoms with Gasteiger partial charge in [-0.3, -0.25) is 4.79 Å². The monoisotopic (exact) mass is 372 g/mol. The van der Waals surface area contributed by atoms with E-state index in [0.29, 0.717) is 12.1 Å². The van der Waals surface area contributed by atoms with E-state index in [-0.39, 0.29) is 5.91 Å². The number of hydrogen-bond acceptors (Lipinski definition) is 3. The fourth-order valence-corrected chi connectivity index (χ4v) is 2.57. The first kappa shape index (κ1) is 13.5. The van der Waals surface area contributed by atoms with Crippen molar-refractivity contribution < 1.29 is 4.79 Å². The lowest BCUT2D eigenvalue weighted by Crippen LogP contribution is -2.26. The summed E-state index contributed by atoms with van der Waals surface area (Å²) >= 11 is 3.83. The zero-order valence-electron chi connectivity index (χ0n) is 10.2. The summed E-state index contributed by atoms with van der Waals surface area (Å²) in [7, 11) is 1.80. The first-order valence-electron chi connectivity index (χ1n) is 5.48. The van der Waals surface area contributed by atoms with Crippen LogP contribution in [-0.4, -0.2) is 22.8 Å². The zero-order valence-corrected chi connectivity index (χ0v) is 13.2. The van der Waals surface area contributed by atoms with Gasteiger partial charge < -0.3 is 4.90 Å². The van der Waals surface area contributed by atoms with Gasteiger partial charge in [-0.05, 0) is 53.8 Å². The van der Waals surface area contributed by atoms with E-state index in [2.05, 4.69) is 27.6 Å². The fraction of sp³-hybridized carbons (Fsp3) is 0.231. The van der Waals surface area contributed by atoms with Gasteiger partial charge >= 0.3 is 0 Å². The molecule has 0 aliphatic heterocycles. The maximum Gasteiger partial charge on any atom is 0.253 e. The molecule has 0 radical (unpaired) electrons. The number of carbonyl (C=O) groups excluding carboxylic acids is 1. The molecule has 0 atom stereocenters.